The van der Waals surface area contributed by atoms with E-state index in [2.05, 4.69) is 4.72 Å². The highest BCUT2D eigenvalue weighted by molar-refractivity contribution is 7.89. The van der Waals surface area contributed by atoms with E-state index >= 15 is 0 Å². The number of rotatable bonds is 6. The molecule has 27 heavy (non-hydrogen) atoms. The molecule has 0 aromatic heterocycles. The van der Waals surface area contributed by atoms with E-state index in [9.17, 15) is 13.2 Å². The van der Waals surface area contributed by atoms with Gasteiger partial charge < -0.3 is 10.6 Å². The van der Waals surface area contributed by atoms with Crippen molar-refractivity contribution in [1.29, 1.82) is 0 Å². The van der Waals surface area contributed by atoms with Crippen LogP contribution in [0.3, 0.4) is 0 Å². The number of fused-ring (bicyclic) bond motifs is 1. The Morgan fingerprint density at radius 3 is 2.70 bits per heavy atom. The van der Waals surface area contributed by atoms with Gasteiger partial charge in [0.2, 0.25) is 15.9 Å². The fourth-order valence-corrected chi connectivity index (χ4v) is 4.73. The molecule has 1 amide bonds. The van der Waals surface area contributed by atoms with Gasteiger partial charge in [-0.3, -0.25) is 4.79 Å². The van der Waals surface area contributed by atoms with Crippen LogP contribution in [0, 0.1) is 0 Å². The summed E-state index contributed by atoms with van der Waals surface area (Å²) in [7, 11) is -3.65. The van der Waals surface area contributed by atoms with E-state index in [0.29, 0.717) is 6.54 Å². The molecule has 1 saturated heterocycles. The van der Waals surface area contributed by atoms with Crippen LogP contribution in [0.4, 0.5) is 0 Å². The molecule has 1 fully saturated rings. The molecule has 1 aliphatic heterocycles. The van der Waals surface area contributed by atoms with E-state index in [0.717, 1.165) is 30.0 Å². The van der Waals surface area contributed by atoms with Crippen molar-refractivity contribution in [1.82, 2.24) is 9.62 Å². The molecule has 0 aliphatic carbocycles. The van der Waals surface area contributed by atoms with Crippen molar-refractivity contribution in [3.63, 3.8) is 0 Å². The fourth-order valence-electron chi connectivity index (χ4n) is 3.67. The summed E-state index contributed by atoms with van der Waals surface area (Å²) in [5, 5.41) is 1.85. The van der Waals surface area contributed by atoms with Crippen LogP contribution in [0.15, 0.2) is 47.4 Å². The molecule has 6 nitrogen and oxygen atoms in total. The zero-order valence-corrected chi connectivity index (χ0v) is 16.4. The zero-order chi connectivity index (χ0) is 19.4. The van der Waals surface area contributed by atoms with Crippen LogP contribution in [0.1, 0.15) is 32.6 Å². The third-order valence-corrected chi connectivity index (χ3v) is 6.60. The lowest BCUT2D eigenvalue weighted by molar-refractivity contribution is -0.135. The number of benzene rings is 2. The highest BCUT2D eigenvalue weighted by atomic mass is 32.2. The average Bonchev–Trinajstić information content (AvgIpc) is 2.67. The second kappa shape index (κ2) is 8.37. The second-order valence-electron chi connectivity index (χ2n) is 7.17. The predicted molar refractivity (Wildman–Crippen MR) is 107 cm³/mol. The summed E-state index contributed by atoms with van der Waals surface area (Å²) in [5.41, 5.74) is 6.01. The van der Waals surface area contributed by atoms with Gasteiger partial charge in [0.05, 0.1) is 4.90 Å². The first-order chi connectivity index (χ1) is 12.9. The minimum absolute atomic E-state index is 0.0433. The summed E-state index contributed by atoms with van der Waals surface area (Å²) in [6.45, 7) is 2.69. The van der Waals surface area contributed by atoms with E-state index in [1.807, 2.05) is 36.1 Å². The number of sulfonamides is 1. The predicted octanol–water partition coefficient (Wildman–Crippen LogP) is 2.24. The van der Waals surface area contributed by atoms with E-state index in [1.165, 1.54) is 0 Å². The van der Waals surface area contributed by atoms with Crippen molar-refractivity contribution in [3.8, 4) is 0 Å². The number of piperidine rings is 1. The number of nitrogens with one attached hydrogen (secondary N) is 1. The Bertz CT molecular complexity index is 912. The van der Waals surface area contributed by atoms with Crippen molar-refractivity contribution in [2.75, 3.05) is 13.1 Å². The van der Waals surface area contributed by atoms with Gasteiger partial charge >= 0.3 is 0 Å². The molecule has 0 bridgehead atoms. The van der Waals surface area contributed by atoms with Crippen LogP contribution in [-0.2, 0) is 14.8 Å². The van der Waals surface area contributed by atoms with Gasteiger partial charge in [0, 0.05) is 31.6 Å². The van der Waals surface area contributed by atoms with E-state index in [-0.39, 0.29) is 35.9 Å². The number of carbonyl (C=O) groups is 1. The molecule has 3 N–H and O–H groups in total. The first-order valence-electron chi connectivity index (χ1n) is 9.42. The number of likely N-dealkylation sites (tertiary alicyclic amines) is 1. The molecule has 0 radical (unpaired) electrons. The molecule has 2 unspecified atom stereocenters. The number of amides is 1. The monoisotopic (exact) mass is 389 g/mol. The quantitative estimate of drug-likeness (QED) is 0.792. The molecule has 7 heteroatoms. The molecule has 2 aromatic carbocycles. The van der Waals surface area contributed by atoms with Crippen molar-refractivity contribution in [3.05, 3.63) is 42.5 Å². The van der Waals surface area contributed by atoms with Gasteiger partial charge in [0.15, 0.2) is 0 Å². The first kappa shape index (κ1) is 19.8. The van der Waals surface area contributed by atoms with Crippen LogP contribution in [0.5, 0.6) is 0 Å². The molecule has 3 rings (SSSR count). The van der Waals surface area contributed by atoms with Crippen LogP contribution in [-0.4, -0.2) is 44.4 Å². The summed E-state index contributed by atoms with van der Waals surface area (Å²) >= 11 is 0. The SMILES string of the molecule is CC(N)C1CCCCN1C(=O)CCNS(=O)(=O)c1ccc2ccccc2c1. The summed E-state index contributed by atoms with van der Waals surface area (Å²) in [6.07, 6.45) is 3.09. The summed E-state index contributed by atoms with van der Waals surface area (Å²) in [5.74, 6) is -0.0433. The Kier molecular flexibility index (Phi) is 6.14. The van der Waals surface area contributed by atoms with Gasteiger partial charge in [-0.25, -0.2) is 13.1 Å². The Hall–Kier alpha value is -1.96. The maximum Gasteiger partial charge on any atom is 0.240 e. The average molecular weight is 390 g/mol. The molecule has 2 atom stereocenters. The topological polar surface area (TPSA) is 92.5 Å². The minimum Gasteiger partial charge on any atom is -0.338 e. The Balaban J connectivity index is 1.62. The molecular formula is C20H27N3O3S. The number of carbonyl (C=O) groups excluding carboxylic acids is 1. The largest absolute Gasteiger partial charge is 0.338 e. The molecule has 1 aliphatic rings. The molecule has 2 aromatic rings. The first-order valence-corrected chi connectivity index (χ1v) is 10.9. The van der Waals surface area contributed by atoms with Crippen LogP contribution < -0.4 is 10.5 Å². The van der Waals surface area contributed by atoms with Gasteiger partial charge in [0.25, 0.3) is 0 Å². The zero-order valence-electron chi connectivity index (χ0n) is 15.6. The maximum atomic E-state index is 12.6. The van der Waals surface area contributed by atoms with Gasteiger partial charge in [-0.15, -0.1) is 0 Å². The summed E-state index contributed by atoms with van der Waals surface area (Å²) < 4.78 is 27.6. The number of nitrogens with two attached hydrogens (primary N) is 1. The van der Waals surface area contributed by atoms with E-state index in [1.54, 1.807) is 18.2 Å². The molecule has 1 heterocycles. The van der Waals surface area contributed by atoms with Gasteiger partial charge in [0.1, 0.15) is 0 Å². The number of hydrogen-bond acceptors (Lipinski definition) is 4. The van der Waals surface area contributed by atoms with E-state index < -0.39 is 10.0 Å². The van der Waals surface area contributed by atoms with Crippen LogP contribution >= 0.6 is 0 Å². The van der Waals surface area contributed by atoms with Gasteiger partial charge in [-0.1, -0.05) is 30.3 Å². The summed E-state index contributed by atoms with van der Waals surface area (Å²) in [4.78, 5) is 14.6. The van der Waals surface area contributed by atoms with Crippen molar-refractivity contribution < 1.29 is 13.2 Å². The molecule has 146 valence electrons. The van der Waals surface area contributed by atoms with E-state index in [4.69, 9.17) is 5.73 Å². The van der Waals surface area contributed by atoms with Crippen molar-refractivity contribution in [2.45, 2.75) is 49.6 Å². The lowest BCUT2D eigenvalue weighted by atomic mass is 9.96. The van der Waals surface area contributed by atoms with Gasteiger partial charge in [-0.05, 0) is 49.1 Å². The Labute approximate surface area is 160 Å². The third kappa shape index (κ3) is 4.66. The molecule has 0 spiro atoms. The van der Waals surface area contributed by atoms with Crippen molar-refractivity contribution >= 4 is 26.7 Å². The normalized spacial score (nSPS) is 19.2. The third-order valence-electron chi connectivity index (χ3n) is 5.14. The Morgan fingerprint density at radius 1 is 1.22 bits per heavy atom. The van der Waals surface area contributed by atoms with Crippen LogP contribution in [0.25, 0.3) is 10.8 Å². The highest BCUT2D eigenvalue weighted by Crippen LogP contribution is 2.21. The Morgan fingerprint density at radius 2 is 1.96 bits per heavy atom. The number of hydrogen-bond donors (Lipinski definition) is 2. The lowest BCUT2D eigenvalue weighted by Gasteiger charge is -2.38. The minimum atomic E-state index is -3.65. The standard InChI is InChI=1S/C20H27N3O3S/c1-15(21)19-8-4-5-13-23(19)20(24)11-12-22-27(25,26)18-10-9-16-6-2-3-7-17(16)14-18/h2-3,6-7,9-10,14-15,19,22H,4-5,8,11-13,21H2,1H3. The fraction of sp³-hybridized carbons (Fsp3) is 0.450. The van der Waals surface area contributed by atoms with Gasteiger partial charge in [-0.2, -0.15) is 0 Å². The lowest BCUT2D eigenvalue weighted by Crippen LogP contribution is -2.52. The molecule has 0 saturated carbocycles. The van der Waals surface area contributed by atoms with Crippen molar-refractivity contribution in [2.24, 2.45) is 5.73 Å². The second-order valence-corrected chi connectivity index (χ2v) is 8.93. The maximum absolute atomic E-state index is 12.6. The molecular weight excluding hydrogens is 362 g/mol. The summed E-state index contributed by atoms with van der Waals surface area (Å²) in [6, 6.07) is 12.6. The highest BCUT2D eigenvalue weighted by Gasteiger charge is 2.29. The number of nitrogens with zero attached hydrogens (tertiary/aromatic N) is 1. The smallest absolute Gasteiger partial charge is 0.240 e. The van der Waals surface area contributed by atoms with Crippen LogP contribution in [0.2, 0.25) is 0 Å².